The van der Waals surface area contributed by atoms with Crippen molar-refractivity contribution in [1.29, 1.82) is 0 Å². The second kappa shape index (κ2) is 69.1. The summed E-state index contributed by atoms with van der Waals surface area (Å²) in [6.45, 7) is 6.69. The van der Waals surface area contributed by atoms with Crippen LogP contribution in [0, 0.1) is 0 Å². The van der Waals surface area contributed by atoms with Gasteiger partial charge in [0.1, 0.15) is 13.2 Å². The topological polar surface area (TPSA) is 78.9 Å². The molecule has 0 saturated heterocycles. The molecule has 6 nitrogen and oxygen atoms in total. The van der Waals surface area contributed by atoms with E-state index in [-0.39, 0.29) is 31.1 Å². The van der Waals surface area contributed by atoms with Gasteiger partial charge in [0, 0.05) is 19.3 Å². The number of hydrogen-bond donors (Lipinski definition) is 0. The van der Waals surface area contributed by atoms with Gasteiger partial charge in [-0.2, -0.15) is 0 Å². The third kappa shape index (κ3) is 66.4. The highest BCUT2D eigenvalue weighted by atomic mass is 16.6. The van der Waals surface area contributed by atoms with Gasteiger partial charge in [0.25, 0.3) is 0 Å². The smallest absolute Gasteiger partial charge is 0.306 e. The third-order valence-corrected chi connectivity index (χ3v) is 16.4. The molecule has 0 aliphatic rings. The number of ether oxygens (including phenoxy) is 3. The van der Waals surface area contributed by atoms with E-state index in [4.69, 9.17) is 14.2 Å². The van der Waals surface area contributed by atoms with Crippen molar-refractivity contribution in [3.63, 3.8) is 0 Å². The fraction of sp³-hybridized carbons (Fsp3) is 0.878. The van der Waals surface area contributed by atoms with Gasteiger partial charge in [-0.15, -0.1) is 0 Å². The molecule has 0 saturated carbocycles. The molecule has 0 spiro atoms. The Kier molecular flexibility index (Phi) is 67.1. The van der Waals surface area contributed by atoms with Crippen molar-refractivity contribution in [2.45, 2.75) is 406 Å². The zero-order valence-corrected chi connectivity index (χ0v) is 54.1. The average molecular weight is 1120 g/mol. The number of carbonyl (C=O) groups is 3. The van der Waals surface area contributed by atoms with Crippen LogP contribution in [0.1, 0.15) is 400 Å². The molecule has 1 atom stereocenters. The van der Waals surface area contributed by atoms with Crippen molar-refractivity contribution in [3.05, 3.63) is 36.5 Å². The van der Waals surface area contributed by atoms with E-state index in [1.54, 1.807) is 0 Å². The molecule has 0 aliphatic heterocycles. The van der Waals surface area contributed by atoms with Gasteiger partial charge in [-0.25, -0.2) is 0 Å². The summed E-state index contributed by atoms with van der Waals surface area (Å²) in [5.41, 5.74) is 0. The van der Waals surface area contributed by atoms with E-state index in [0.29, 0.717) is 19.3 Å². The van der Waals surface area contributed by atoms with Gasteiger partial charge in [-0.1, -0.05) is 340 Å². The predicted molar refractivity (Wildman–Crippen MR) is 349 cm³/mol. The Labute approximate surface area is 499 Å². The van der Waals surface area contributed by atoms with Gasteiger partial charge < -0.3 is 14.2 Å². The first-order valence-electron chi connectivity index (χ1n) is 36.0. The summed E-state index contributed by atoms with van der Waals surface area (Å²) in [6.07, 6.45) is 86.2. The first-order chi connectivity index (χ1) is 39.5. The predicted octanol–water partition coefficient (Wildman–Crippen LogP) is 24.7. The highest BCUT2D eigenvalue weighted by molar-refractivity contribution is 5.71. The fourth-order valence-corrected chi connectivity index (χ4v) is 10.9. The Morgan fingerprint density at radius 2 is 0.450 bits per heavy atom. The molecular weight excluding hydrogens is 985 g/mol. The van der Waals surface area contributed by atoms with Crippen LogP contribution in [0.15, 0.2) is 36.5 Å². The molecule has 0 rings (SSSR count). The largest absolute Gasteiger partial charge is 0.462 e. The molecule has 0 aliphatic carbocycles. The molecule has 470 valence electrons. The Bertz CT molecular complexity index is 1340. The summed E-state index contributed by atoms with van der Waals surface area (Å²) in [5.74, 6) is -0.840. The van der Waals surface area contributed by atoms with Crippen LogP contribution < -0.4 is 0 Å². The molecule has 0 heterocycles. The van der Waals surface area contributed by atoms with Crippen molar-refractivity contribution in [1.82, 2.24) is 0 Å². The quantitative estimate of drug-likeness (QED) is 0.0261. The van der Waals surface area contributed by atoms with Crippen molar-refractivity contribution in [2.75, 3.05) is 13.2 Å². The lowest BCUT2D eigenvalue weighted by molar-refractivity contribution is -0.167. The highest BCUT2D eigenvalue weighted by Crippen LogP contribution is 2.18. The molecule has 0 bridgehead atoms. The normalized spacial score (nSPS) is 12.2. The third-order valence-electron chi connectivity index (χ3n) is 16.4. The van der Waals surface area contributed by atoms with Crippen LogP contribution in [0.2, 0.25) is 0 Å². The highest BCUT2D eigenvalue weighted by Gasteiger charge is 2.19. The molecule has 0 aromatic heterocycles. The zero-order valence-electron chi connectivity index (χ0n) is 54.1. The molecule has 0 fully saturated rings. The first-order valence-corrected chi connectivity index (χ1v) is 36.0. The molecule has 0 radical (unpaired) electrons. The number of esters is 3. The Hall–Kier alpha value is -2.37. The van der Waals surface area contributed by atoms with Crippen LogP contribution >= 0.6 is 0 Å². The van der Waals surface area contributed by atoms with Crippen LogP contribution in [0.3, 0.4) is 0 Å². The Balaban J connectivity index is 4.14. The monoisotopic (exact) mass is 1120 g/mol. The second-order valence-electron chi connectivity index (χ2n) is 24.5. The van der Waals surface area contributed by atoms with Crippen molar-refractivity contribution in [2.24, 2.45) is 0 Å². The summed E-state index contributed by atoms with van der Waals surface area (Å²) in [5, 5.41) is 0. The van der Waals surface area contributed by atoms with Crippen LogP contribution in [0.25, 0.3) is 0 Å². The van der Waals surface area contributed by atoms with Gasteiger partial charge in [0.2, 0.25) is 0 Å². The fourth-order valence-electron chi connectivity index (χ4n) is 10.9. The van der Waals surface area contributed by atoms with Crippen LogP contribution in [0.4, 0.5) is 0 Å². The number of hydrogen-bond acceptors (Lipinski definition) is 6. The summed E-state index contributed by atoms with van der Waals surface area (Å²) >= 11 is 0. The molecule has 80 heavy (non-hydrogen) atoms. The molecule has 0 aromatic rings. The minimum atomic E-state index is -0.769. The number of allylic oxidation sites excluding steroid dienone is 6. The minimum Gasteiger partial charge on any atom is -0.462 e. The maximum absolute atomic E-state index is 12.9. The van der Waals surface area contributed by atoms with E-state index in [2.05, 4.69) is 57.2 Å². The van der Waals surface area contributed by atoms with E-state index >= 15 is 0 Å². The minimum absolute atomic E-state index is 0.0665. The van der Waals surface area contributed by atoms with E-state index in [1.165, 1.54) is 295 Å². The maximum atomic E-state index is 12.9. The number of rotatable bonds is 67. The molecular formula is C74H138O6. The summed E-state index contributed by atoms with van der Waals surface area (Å²) in [6, 6.07) is 0. The van der Waals surface area contributed by atoms with Gasteiger partial charge in [0.15, 0.2) is 6.10 Å². The van der Waals surface area contributed by atoms with E-state index in [9.17, 15) is 14.4 Å². The van der Waals surface area contributed by atoms with Crippen molar-refractivity contribution < 1.29 is 28.6 Å². The van der Waals surface area contributed by atoms with E-state index < -0.39 is 6.10 Å². The molecule has 6 heteroatoms. The van der Waals surface area contributed by atoms with Crippen molar-refractivity contribution in [3.8, 4) is 0 Å². The van der Waals surface area contributed by atoms with E-state index in [0.717, 1.165) is 64.2 Å². The Morgan fingerprint density at radius 3 is 0.700 bits per heavy atom. The van der Waals surface area contributed by atoms with Gasteiger partial charge in [-0.3, -0.25) is 14.4 Å². The first kappa shape index (κ1) is 77.6. The molecule has 1 unspecified atom stereocenters. The van der Waals surface area contributed by atoms with Gasteiger partial charge in [-0.05, 0) is 77.0 Å². The van der Waals surface area contributed by atoms with Gasteiger partial charge in [0.05, 0.1) is 0 Å². The standard InChI is InChI=1S/C74H138O6/c1-4-7-10-13-16-19-22-24-26-28-30-32-34-36-37-39-40-42-44-46-48-50-52-55-58-61-64-67-73(76)79-70-71(69-78-72(75)66-63-60-57-54-21-18-15-12-9-6-3)80-74(77)68-65-62-59-56-53-51-49-47-45-43-41-38-35-33-31-29-27-25-23-20-17-14-11-8-5-2/h22,24,28-31,71H,4-21,23,25-27,32-70H2,1-3H3/b24-22-,30-28-,31-29-. The lowest BCUT2D eigenvalue weighted by Crippen LogP contribution is -2.30. The van der Waals surface area contributed by atoms with Gasteiger partial charge >= 0.3 is 17.9 Å². The lowest BCUT2D eigenvalue weighted by Gasteiger charge is -2.18. The lowest BCUT2D eigenvalue weighted by atomic mass is 10.0. The van der Waals surface area contributed by atoms with E-state index in [1.807, 2.05) is 0 Å². The molecule has 0 aromatic carbocycles. The second-order valence-corrected chi connectivity index (χ2v) is 24.5. The average Bonchev–Trinajstić information content (AvgIpc) is 3.46. The number of carbonyl (C=O) groups excluding carboxylic acids is 3. The summed E-state index contributed by atoms with van der Waals surface area (Å²) in [4.78, 5) is 38.3. The zero-order chi connectivity index (χ0) is 57.8. The van der Waals surface area contributed by atoms with Crippen LogP contribution in [-0.4, -0.2) is 37.2 Å². The SMILES string of the molecule is CCCCCCC/C=C\C/C=C\CCCCCCCCCCCCCCCCCC(=O)OCC(COC(=O)CCCCCCCCCCCC)OC(=O)CCCCCCCCCCCCCCC/C=C\CCCCCCCCCC. The van der Waals surface area contributed by atoms with Crippen LogP contribution in [-0.2, 0) is 28.6 Å². The maximum Gasteiger partial charge on any atom is 0.306 e. The molecule has 0 amide bonds. The van der Waals surface area contributed by atoms with Crippen LogP contribution in [0.5, 0.6) is 0 Å². The summed E-state index contributed by atoms with van der Waals surface area (Å²) < 4.78 is 17.0. The van der Waals surface area contributed by atoms with Crippen molar-refractivity contribution >= 4 is 17.9 Å². The molecule has 0 N–H and O–H groups in total. The summed E-state index contributed by atoms with van der Waals surface area (Å²) in [7, 11) is 0. The number of unbranched alkanes of at least 4 members (excludes halogenated alkanes) is 50. The Morgan fingerprint density at radius 1 is 0.250 bits per heavy atom.